The molecule has 1 unspecified atom stereocenters. The van der Waals surface area contributed by atoms with Crippen LogP contribution in [0.3, 0.4) is 0 Å². The molecule has 7 nitrogen and oxygen atoms in total. The summed E-state index contributed by atoms with van der Waals surface area (Å²) in [6, 6.07) is 15.2. The van der Waals surface area contributed by atoms with Crippen molar-refractivity contribution < 1.29 is 18.5 Å². The summed E-state index contributed by atoms with van der Waals surface area (Å²) in [5.41, 5.74) is 1.06. The lowest BCUT2D eigenvalue weighted by Gasteiger charge is -2.22. The van der Waals surface area contributed by atoms with E-state index in [-0.39, 0.29) is 29.8 Å². The van der Waals surface area contributed by atoms with Crippen molar-refractivity contribution in [3.05, 3.63) is 83.3 Å². The summed E-state index contributed by atoms with van der Waals surface area (Å²) < 4.78 is 19.3. The summed E-state index contributed by atoms with van der Waals surface area (Å²) in [5.74, 6) is -0.307. The zero-order valence-corrected chi connectivity index (χ0v) is 17.0. The van der Waals surface area contributed by atoms with E-state index in [1.54, 1.807) is 17.0 Å². The highest BCUT2D eigenvalue weighted by Crippen LogP contribution is 2.32. The Kier molecular flexibility index (Phi) is 6.35. The van der Waals surface area contributed by atoms with Gasteiger partial charge in [0.2, 0.25) is 11.8 Å². The molecule has 1 fully saturated rings. The van der Waals surface area contributed by atoms with Gasteiger partial charge in [0.15, 0.2) is 5.82 Å². The smallest absolute Gasteiger partial charge is 0.257 e. The summed E-state index contributed by atoms with van der Waals surface area (Å²) >= 11 is 0. The van der Waals surface area contributed by atoms with Gasteiger partial charge >= 0.3 is 0 Å². The van der Waals surface area contributed by atoms with E-state index in [4.69, 9.17) is 4.52 Å². The van der Waals surface area contributed by atoms with Crippen LogP contribution in [0, 0.1) is 5.82 Å². The molecule has 31 heavy (non-hydrogen) atoms. The molecule has 2 heterocycles. The van der Waals surface area contributed by atoms with Crippen LogP contribution < -0.4 is 5.32 Å². The molecular formula is C23H23FN4O3. The van der Waals surface area contributed by atoms with E-state index in [2.05, 4.69) is 15.5 Å². The van der Waals surface area contributed by atoms with E-state index in [0.717, 1.165) is 12.0 Å². The molecule has 1 saturated heterocycles. The number of halogens is 1. The van der Waals surface area contributed by atoms with Crippen LogP contribution >= 0.6 is 0 Å². The quantitative estimate of drug-likeness (QED) is 0.630. The average Bonchev–Trinajstić information content (AvgIpc) is 3.46. The second kappa shape index (κ2) is 9.51. The molecule has 1 aliphatic rings. The lowest BCUT2D eigenvalue weighted by atomic mass is 10.1. The molecule has 4 rings (SSSR count). The van der Waals surface area contributed by atoms with Gasteiger partial charge in [-0.3, -0.25) is 9.59 Å². The first kappa shape index (κ1) is 20.7. The molecule has 3 aromatic rings. The second-order valence-electron chi connectivity index (χ2n) is 7.45. The summed E-state index contributed by atoms with van der Waals surface area (Å²) in [7, 11) is 0. The Labute approximate surface area is 179 Å². The Bertz CT molecular complexity index is 1050. The van der Waals surface area contributed by atoms with Crippen LogP contribution in [-0.2, 0) is 17.8 Å². The number of nitrogens with one attached hydrogen (secondary N) is 1. The van der Waals surface area contributed by atoms with Crippen LogP contribution in [-0.4, -0.2) is 33.4 Å². The Hall–Kier alpha value is -3.55. The zero-order valence-electron chi connectivity index (χ0n) is 17.0. The maximum Gasteiger partial charge on any atom is 0.257 e. The van der Waals surface area contributed by atoms with E-state index >= 15 is 0 Å². The number of carbonyl (C=O) groups is 2. The average molecular weight is 422 g/mol. The van der Waals surface area contributed by atoms with Gasteiger partial charge in [-0.25, -0.2) is 4.39 Å². The van der Waals surface area contributed by atoms with Crippen molar-refractivity contribution in [3.63, 3.8) is 0 Å². The highest BCUT2D eigenvalue weighted by molar-refractivity contribution is 5.94. The zero-order chi connectivity index (χ0) is 21.6. The summed E-state index contributed by atoms with van der Waals surface area (Å²) in [6.45, 7) is 0.966. The molecule has 1 aromatic heterocycles. The number of nitrogens with zero attached hydrogens (tertiary/aromatic N) is 3. The predicted octanol–water partition coefficient (Wildman–Crippen LogP) is 3.44. The van der Waals surface area contributed by atoms with Crippen LogP contribution in [0.4, 0.5) is 4.39 Å². The monoisotopic (exact) mass is 422 g/mol. The molecule has 0 saturated carbocycles. The van der Waals surface area contributed by atoms with Gasteiger partial charge in [-0.15, -0.1) is 0 Å². The normalized spacial score (nSPS) is 15.8. The van der Waals surface area contributed by atoms with E-state index in [0.29, 0.717) is 37.6 Å². The molecule has 2 aromatic carbocycles. The van der Waals surface area contributed by atoms with E-state index < -0.39 is 5.82 Å². The molecule has 160 valence electrons. The number of hydrogen-bond donors (Lipinski definition) is 1. The van der Waals surface area contributed by atoms with Gasteiger partial charge in [0.25, 0.3) is 5.91 Å². The molecule has 1 aliphatic heterocycles. The van der Waals surface area contributed by atoms with Gasteiger partial charge in [0.1, 0.15) is 5.82 Å². The van der Waals surface area contributed by atoms with Crippen molar-refractivity contribution in [2.45, 2.75) is 38.3 Å². The number of carbonyl (C=O) groups excluding carboxylic acids is 2. The third kappa shape index (κ3) is 4.96. The Balaban J connectivity index is 1.34. The standard InChI is InChI=1S/C23H23FN4O3/c24-18-10-5-4-9-17(18)23(30)28-14-6-11-19(28)22-26-21(31-27-22)13-12-20(29)25-15-16-7-2-1-3-8-16/h1-5,7-10,19H,6,11-15H2,(H,25,29). The largest absolute Gasteiger partial charge is 0.352 e. The van der Waals surface area contributed by atoms with Crippen molar-refractivity contribution >= 4 is 11.8 Å². The third-order valence-electron chi connectivity index (χ3n) is 5.30. The first-order valence-electron chi connectivity index (χ1n) is 10.3. The molecule has 0 bridgehead atoms. The molecular weight excluding hydrogens is 399 g/mol. The molecule has 0 aliphatic carbocycles. The van der Waals surface area contributed by atoms with Crippen LogP contribution in [0.5, 0.6) is 0 Å². The van der Waals surface area contributed by atoms with Gasteiger partial charge in [0.05, 0.1) is 11.6 Å². The fourth-order valence-corrected chi connectivity index (χ4v) is 3.68. The van der Waals surface area contributed by atoms with Crippen LogP contribution in [0.1, 0.15) is 52.9 Å². The van der Waals surface area contributed by atoms with E-state index in [1.807, 2.05) is 30.3 Å². The summed E-state index contributed by atoms with van der Waals surface area (Å²) in [6.07, 6.45) is 1.98. The van der Waals surface area contributed by atoms with Crippen molar-refractivity contribution in [1.82, 2.24) is 20.4 Å². The summed E-state index contributed by atoms with van der Waals surface area (Å²) in [5, 5.41) is 6.87. The van der Waals surface area contributed by atoms with E-state index in [9.17, 15) is 14.0 Å². The number of hydrogen-bond acceptors (Lipinski definition) is 5. The number of rotatable bonds is 7. The van der Waals surface area contributed by atoms with Gasteiger partial charge in [0, 0.05) is 25.9 Å². The highest BCUT2D eigenvalue weighted by Gasteiger charge is 2.34. The Morgan fingerprint density at radius 1 is 1.13 bits per heavy atom. The van der Waals surface area contributed by atoms with Crippen molar-refractivity contribution in [1.29, 1.82) is 0 Å². The minimum absolute atomic E-state index is 0.0354. The number of amides is 2. The molecule has 8 heteroatoms. The van der Waals surface area contributed by atoms with Gasteiger partial charge in [-0.1, -0.05) is 47.6 Å². The molecule has 2 amide bonds. The van der Waals surface area contributed by atoms with Crippen molar-refractivity contribution in [2.75, 3.05) is 6.54 Å². The number of aryl methyl sites for hydroxylation is 1. The molecule has 1 atom stereocenters. The molecule has 1 N–H and O–H groups in total. The van der Waals surface area contributed by atoms with Gasteiger partial charge < -0.3 is 14.7 Å². The van der Waals surface area contributed by atoms with Gasteiger partial charge in [-0.05, 0) is 30.5 Å². The van der Waals surface area contributed by atoms with Crippen LogP contribution in [0.15, 0.2) is 59.1 Å². The first-order valence-corrected chi connectivity index (χ1v) is 10.3. The van der Waals surface area contributed by atoms with Crippen LogP contribution in [0.25, 0.3) is 0 Å². The minimum Gasteiger partial charge on any atom is -0.352 e. The lowest BCUT2D eigenvalue weighted by molar-refractivity contribution is -0.121. The minimum atomic E-state index is -0.548. The SMILES string of the molecule is O=C(CCc1nc(C2CCCN2C(=O)c2ccccc2F)no1)NCc1ccccc1. The maximum absolute atomic E-state index is 14.0. The Morgan fingerprint density at radius 3 is 2.71 bits per heavy atom. The van der Waals surface area contributed by atoms with Crippen molar-refractivity contribution in [3.8, 4) is 0 Å². The first-order chi connectivity index (χ1) is 15.1. The lowest BCUT2D eigenvalue weighted by Crippen LogP contribution is -2.31. The van der Waals surface area contributed by atoms with E-state index in [1.165, 1.54) is 12.1 Å². The number of aromatic nitrogens is 2. The fraction of sp³-hybridized carbons (Fsp3) is 0.304. The van der Waals surface area contributed by atoms with Crippen molar-refractivity contribution in [2.24, 2.45) is 0 Å². The fourth-order valence-electron chi connectivity index (χ4n) is 3.68. The Morgan fingerprint density at radius 2 is 1.90 bits per heavy atom. The molecule has 0 spiro atoms. The van der Waals surface area contributed by atoms with Crippen LogP contribution in [0.2, 0.25) is 0 Å². The number of likely N-dealkylation sites (tertiary alicyclic amines) is 1. The topological polar surface area (TPSA) is 88.3 Å². The second-order valence-corrected chi connectivity index (χ2v) is 7.45. The molecule has 0 radical (unpaired) electrons. The third-order valence-corrected chi connectivity index (χ3v) is 5.30. The maximum atomic E-state index is 14.0. The number of benzene rings is 2. The summed E-state index contributed by atoms with van der Waals surface area (Å²) in [4.78, 5) is 30.9. The highest BCUT2D eigenvalue weighted by atomic mass is 19.1. The van der Waals surface area contributed by atoms with Gasteiger partial charge in [-0.2, -0.15) is 4.98 Å². The predicted molar refractivity (Wildman–Crippen MR) is 110 cm³/mol.